The molecule has 25 heavy (non-hydrogen) atoms. The third-order valence-corrected chi connectivity index (χ3v) is 6.09. The van der Waals surface area contributed by atoms with Crippen molar-refractivity contribution in [3.63, 3.8) is 0 Å². The first-order chi connectivity index (χ1) is 12.2. The van der Waals surface area contributed by atoms with Crippen LogP contribution in [0.15, 0.2) is 18.2 Å². The zero-order chi connectivity index (χ0) is 16.9. The molecule has 134 valence electrons. The van der Waals surface area contributed by atoms with Crippen LogP contribution in [0.1, 0.15) is 44.6 Å². The van der Waals surface area contributed by atoms with Crippen molar-refractivity contribution in [1.82, 2.24) is 9.55 Å². The van der Waals surface area contributed by atoms with Gasteiger partial charge in [-0.3, -0.25) is 0 Å². The maximum absolute atomic E-state index is 6.25. The molecule has 3 aliphatic rings. The van der Waals surface area contributed by atoms with E-state index in [-0.39, 0.29) is 5.79 Å². The highest BCUT2D eigenvalue weighted by molar-refractivity contribution is 5.82. The molecule has 1 aliphatic carbocycles. The highest BCUT2D eigenvalue weighted by Gasteiger charge is 2.39. The van der Waals surface area contributed by atoms with E-state index in [1.807, 2.05) is 0 Å². The van der Waals surface area contributed by atoms with Gasteiger partial charge in [0.1, 0.15) is 0 Å². The Hall–Kier alpha value is -1.79. The molecule has 1 spiro atoms. The molecule has 6 nitrogen and oxygen atoms in total. The van der Waals surface area contributed by atoms with Crippen molar-refractivity contribution in [2.24, 2.45) is 0 Å². The molecule has 5 rings (SSSR count). The van der Waals surface area contributed by atoms with Gasteiger partial charge < -0.3 is 24.7 Å². The Balaban J connectivity index is 1.43. The van der Waals surface area contributed by atoms with Crippen LogP contribution >= 0.6 is 0 Å². The molecule has 0 unspecified atom stereocenters. The summed E-state index contributed by atoms with van der Waals surface area (Å²) in [5.74, 6) is 0.334. The number of benzene rings is 1. The number of ether oxygens (including phenoxy) is 2. The first-order valence-corrected chi connectivity index (χ1v) is 9.54. The minimum atomic E-state index is -0.323. The average molecular weight is 342 g/mol. The normalized spacial score (nSPS) is 23.9. The fourth-order valence-electron chi connectivity index (χ4n) is 4.73. The van der Waals surface area contributed by atoms with Crippen molar-refractivity contribution in [3.8, 4) is 0 Å². The van der Waals surface area contributed by atoms with Gasteiger partial charge in [0.2, 0.25) is 5.95 Å². The number of piperidine rings is 1. The van der Waals surface area contributed by atoms with Gasteiger partial charge in [0.25, 0.3) is 0 Å². The SMILES string of the molecule is Nc1nc2ccc(N3CCC4(CC3)OCCO4)cc2n1C1CCCC1. The lowest BCUT2D eigenvalue weighted by atomic mass is 10.0. The second-order valence-corrected chi connectivity index (χ2v) is 7.55. The lowest BCUT2D eigenvalue weighted by molar-refractivity contribution is -0.169. The van der Waals surface area contributed by atoms with Crippen LogP contribution in [0.5, 0.6) is 0 Å². The molecule has 2 saturated heterocycles. The fourth-order valence-corrected chi connectivity index (χ4v) is 4.73. The van der Waals surface area contributed by atoms with Crippen LogP contribution in [0.3, 0.4) is 0 Å². The van der Waals surface area contributed by atoms with Crippen molar-refractivity contribution in [2.75, 3.05) is 36.9 Å². The van der Waals surface area contributed by atoms with Gasteiger partial charge in [-0.1, -0.05) is 12.8 Å². The number of hydrogen-bond acceptors (Lipinski definition) is 5. The topological polar surface area (TPSA) is 65.5 Å². The fraction of sp³-hybridized carbons (Fsp3) is 0.632. The first-order valence-electron chi connectivity index (χ1n) is 9.54. The summed E-state index contributed by atoms with van der Waals surface area (Å²) in [6.07, 6.45) is 6.85. The highest BCUT2D eigenvalue weighted by Crippen LogP contribution is 2.37. The molecule has 0 bridgehead atoms. The average Bonchev–Trinajstić information content (AvgIpc) is 3.35. The van der Waals surface area contributed by atoms with Crippen LogP contribution in [-0.2, 0) is 9.47 Å². The van der Waals surface area contributed by atoms with Crippen LogP contribution in [-0.4, -0.2) is 41.6 Å². The number of aromatic nitrogens is 2. The summed E-state index contributed by atoms with van der Waals surface area (Å²) in [5.41, 5.74) is 9.68. The Morgan fingerprint density at radius 3 is 2.52 bits per heavy atom. The Morgan fingerprint density at radius 2 is 1.80 bits per heavy atom. The smallest absolute Gasteiger partial charge is 0.201 e. The maximum Gasteiger partial charge on any atom is 0.201 e. The Bertz CT molecular complexity index is 765. The summed E-state index contributed by atoms with van der Waals surface area (Å²) >= 11 is 0. The van der Waals surface area contributed by atoms with E-state index in [1.165, 1.54) is 36.9 Å². The molecule has 1 aromatic heterocycles. The van der Waals surface area contributed by atoms with Gasteiger partial charge in [-0.15, -0.1) is 0 Å². The van der Waals surface area contributed by atoms with Crippen molar-refractivity contribution < 1.29 is 9.47 Å². The molecule has 2 aliphatic heterocycles. The Kier molecular flexibility index (Phi) is 3.64. The second kappa shape index (κ2) is 5.88. The van der Waals surface area contributed by atoms with Crippen LogP contribution < -0.4 is 10.6 Å². The number of nitrogens with zero attached hydrogens (tertiary/aromatic N) is 3. The first kappa shape index (κ1) is 15.5. The molecule has 6 heteroatoms. The van der Waals surface area contributed by atoms with Crippen molar-refractivity contribution in [2.45, 2.75) is 50.4 Å². The van der Waals surface area contributed by atoms with Crippen LogP contribution in [0, 0.1) is 0 Å². The van der Waals surface area contributed by atoms with Crippen molar-refractivity contribution >= 4 is 22.7 Å². The van der Waals surface area contributed by atoms with Gasteiger partial charge in [-0.05, 0) is 31.0 Å². The van der Waals surface area contributed by atoms with Crippen LogP contribution in [0.4, 0.5) is 11.6 Å². The molecule has 0 atom stereocenters. The van der Waals surface area contributed by atoms with E-state index in [0.717, 1.165) is 44.7 Å². The summed E-state index contributed by atoms with van der Waals surface area (Å²) in [6.45, 7) is 3.37. The van der Waals surface area contributed by atoms with Gasteiger partial charge >= 0.3 is 0 Å². The largest absolute Gasteiger partial charge is 0.371 e. The molecule has 2 aromatic rings. The summed E-state index contributed by atoms with van der Waals surface area (Å²) < 4.78 is 14.0. The molecule has 3 heterocycles. The van der Waals surface area contributed by atoms with Gasteiger partial charge in [-0.25, -0.2) is 4.98 Å². The monoisotopic (exact) mass is 342 g/mol. The number of fused-ring (bicyclic) bond motifs is 1. The Labute approximate surface area is 147 Å². The third-order valence-electron chi connectivity index (χ3n) is 6.09. The van der Waals surface area contributed by atoms with Gasteiger partial charge in [0, 0.05) is 37.7 Å². The molecule has 3 fully saturated rings. The minimum Gasteiger partial charge on any atom is -0.371 e. The number of nitrogens with two attached hydrogens (primary N) is 1. The predicted octanol–water partition coefficient (Wildman–Crippen LogP) is 3.08. The van der Waals surface area contributed by atoms with E-state index >= 15 is 0 Å². The predicted molar refractivity (Wildman–Crippen MR) is 97.7 cm³/mol. The standard InChI is InChI=1S/C19H26N4O2/c20-18-21-16-6-5-15(13-17(16)23(18)14-3-1-2-4-14)22-9-7-19(8-10-22)24-11-12-25-19/h5-6,13-14H,1-4,7-12H2,(H2,20,21). The third kappa shape index (κ3) is 2.59. The summed E-state index contributed by atoms with van der Waals surface area (Å²) in [7, 11) is 0. The number of rotatable bonds is 2. The number of anilines is 2. The lowest BCUT2D eigenvalue weighted by Crippen LogP contribution is -2.45. The van der Waals surface area contributed by atoms with Gasteiger partial charge in [0.15, 0.2) is 5.79 Å². The molecule has 2 N–H and O–H groups in total. The Morgan fingerprint density at radius 1 is 1.08 bits per heavy atom. The van der Waals surface area contributed by atoms with E-state index in [1.54, 1.807) is 0 Å². The molecule has 1 aromatic carbocycles. The molecule has 0 radical (unpaired) electrons. The number of nitrogen functional groups attached to an aromatic ring is 1. The molecular formula is C19H26N4O2. The zero-order valence-corrected chi connectivity index (χ0v) is 14.6. The van der Waals surface area contributed by atoms with Gasteiger partial charge in [0.05, 0.1) is 24.2 Å². The van der Waals surface area contributed by atoms with E-state index in [9.17, 15) is 0 Å². The quantitative estimate of drug-likeness (QED) is 0.908. The number of hydrogen-bond donors (Lipinski definition) is 1. The number of imidazole rings is 1. The lowest BCUT2D eigenvalue weighted by Gasteiger charge is -2.38. The van der Waals surface area contributed by atoms with Crippen molar-refractivity contribution in [1.29, 1.82) is 0 Å². The summed E-state index contributed by atoms with van der Waals surface area (Å²) in [4.78, 5) is 7.01. The van der Waals surface area contributed by atoms with E-state index in [0.29, 0.717) is 12.0 Å². The van der Waals surface area contributed by atoms with Crippen molar-refractivity contribution in [3.05, 3.63) is 18.2 Å². The zero-order valence-electron chi connectivity index (χ0n) is 14.6. The minimum absolute atomic E-state index is 0.323. The van der Waals surface area contributed by atoms with Crippen LogP contribution in [0.2, 0.25) is 0 Å². The van der Waals surface area contributed by atoms with E-state index in [4.69, 9.17) is 15.2 Å². The van der Waals surface area contributed by atoms with Gasteiger partial charge in [-0.2, -0.15) is 0 Å². The summed E-state index contributed by atoms with van der Waals surface area (Å²) in [6, 6.07) is 7.05. The molecular weight excluding hydrogens is 316 g/mol. The molecule has 1 saturated carbocycles. The second-order valence-electron chi connectivity index (χ2n) is 7.55. The highest BCUT2D eigenvalue weighted by atomic mass is 16.7. The maximum atomic E-state index is 6.25. The van der Waals surface area contributed by atoms with Crippen LogP contribution in [0.25, 0.3) is 11.0 Å². The van der Waals surface area contributed by atoms with E-state index < -0.39 is 0 Å². The van der Waals surface area contributed by atoms with E-state index in [2.05, 4.69) is 32.7 Å². The summed E-state index contributed by atoms with van der Waals surface area (Å²) in [5, 5.41) is 0. The molecule has 0 amide bonds.